The number of alkyl halides is 1. The fourth-order valence-electron chi connectivity index (χ4n) is 2.06. The Morgan fingerprint density at radius 2 is 1.53 bits per heavy atom. The maximum absolute atomic E-state index is 13.2. The Balaban J connectivity index is 2.25. The van der Waals surface area contributed by atoms with Crippen LogP contribution in [0.15, 0.2) is 42.5 Å². The number of hydrogen-bond donors (Lipinski definition) is 0. The number of hydrogen-bond acceptors (Lipinski definition) is 0. The summed E-state index contributed by atoms with van der Waals surface area (Å²) in [6.07, 6.45) is 2.15. The molecule has 0 radical (unpaired) electrons. The Bertz CT molecular complexity index is 529. The van der Waals surface area contributed by atoms with Crippen molar-refractivity contribution < 1.29 is 8.78 Å². The second-order valence-electron chi connectivity index (χ2n) is 4.56. The van der Waals surface area contributed by atoms with Gasteiger partial charge in [0, 0.05) is 6.07 Å². The van der Waals surface area contributed by atoms with Gasteiger partial charge in [-0.3, -0.25) is 0 Å². The summed E-state index contributed by atoms with van der Waals surface area (Å²) in [7, 11) is 0. The molecule has 0 aliphatic heterocycles. The van der Waals surface area contributed by atoms with Gasteiger partial charge in [0.05, 0.1) is 4.83 Å². The van der Waals surface area contributed by atoms with Crippen LogP contribution in [0.3, 0.4) is 0 Å². The van der Waals surface area contributed by atoms with Gasteiger partial charge in [-0.1, -0.05) is 53.5 Å². The molecule has 0 N–H and O–H groups in total. The van der Waals surface area contributed by atoms with Gasteiger partial charge in [-0.2, -0.15) is 0 Å². The van der Waals surface area contributed by atoms with E-state index in [4.69, 9.17) is 0 Å². The van der Waals surface area contributed by atoms with Crippen LogP contribution in [-0.2, 0) is 6.42 Å². The molecule has 100 valence electrons. The van der Waals surface area contributed by atoms with Crippen LogP contribution in [0.2, 0.25) is 0 Å². The number of halogens is 3. The highest BCUT2D eigenvalue weighted by atomic mass is 79.9. The van der Waals surface area contributed by atoms with Crippen LogP contribution >= 0.6 is 15.9 Å². The highest BCUT2D eigenvalue weighted by Gasteiger charge is 2.12. The average molecular weight is 325 g/mol. The molecule has 0 aromatic heterocycles. The lowest BCUT2D eigenvalue weighted by atomic mass is 10.0. The third-order valence-corrected chi connectivity index (χ3v) is 4.05. The molecule has 0 aliphatic rings. The summed E-state index contributed by atoms with van der Waals surface area (Å²) in [5.41, 5.74) is 2.85. The molecule has 0 amide bonds. The number of rotatable bonds is 4. The van der Waals surface area contributed by atoms with Gasteiger partial charge in [-0.25, -0.2) is 8.78 Å². The van der Waals surface area contributed by atoms with Crippen LogP contribution < -0.4 is 0 Å². The Morgan fingerprint density at radius 1 is 0.947 bits per heavy atom. The Hall–Kier alpha value is -1.22. The van der Waals surface area contributed by atoms with E-state index < -0.39 is 11.6 Å². The lowest BCUT2D eigenvalue weighted by molar-refractivity contribution is 0.580. The van der Waals surface area contributed by atoms with Crippen molar-refractivity contribution in [2.45, 2.75) is 24.6 Å². The van der Waals surface area contributed by atoms with E-state index >= 15 is 0 Å². The van der Waals surface area contributed by atoms with E-state index in [-0.39, 0.29) is 4.83 Å². The molecule has 1 atom stereocenters. The molecule has 0 fully saturated rings. The molecule has 0 bridgehead atoms. The van der Waals surface area contributed by atoms with Crippen LogP contribution in [-0.4, -0.2) is 0 Å². The van der Waals surface area contributed by atoms with Crippen molar-refractivity contribution in [2.24, 2.45) is 0 Å². The summed E-state index contributed by atoms with van der Waals surface area (Å²) < 4.78 is 26.4. The smallest absolute Gasteiger partial charge is 0.126 e. The quantitative estimate of drug-likeness (QED) is 0.660. The fraction of sp³-hybridized carbons (Fsp3) is 0.250. The van der Waals surface area contributed by atoms with E-state index in [9.17, 15) is 8.78 Å². The van der Waals surface area contributed by atoms with Crippen molar-refractivity contribution >= 4 is 15.9 Å². The van der Waals surface area contributed by atoms with Gasteiger partial charge >= 0.3 is 0 Å². The molecule has 0 aliphatic carbocycles. The Kier molecular flexibility index (Phi) is 4.70. The minimum Gasteiger partial charge on any atom is -0.207 e. The van der Waals surface area contributed by atoms with E-state index in [0.29, 0.717) is 5.56 Å². The van der Waals surface area contributed by atoms with Gasteiger partial charge in [0.2, 0.25) is 0 Å². The molecule has 19 heavy (non-hydrogen) atoms. The first-order chi connectivity index (χ1) is 9.10. The largest absolute Gasteiger partial charge is 0.207 e. The monoisotopic (exact) mass is 324 g/mol. The van der Waals surface area contributed by atoms with Gasteiger partial charge in [-0.05, 0) is 35.2 Å². The lowest BCUT2D eigenvalue weighted by Crippen LogP contribution is -1.95. The highest BCUT2D eigenvalue weighted by Crippen LogP contribution is 2.31. The maximum atomic E-state index is 13.2. The summed E-state index contributed by atoms with van der Waals surface area (Å²) in [4.78, 5) is -0.201. The molecular weight excluding hydrogens is 310 g/mol. The fourth-order valence-corrected chi connectivity index (χ4v) is 2.63. The maximum Gasteiger partial charge on any atom is 0.126 e. The molecule has 3 heteroatoms. The minimum atomic E-state index is -0.554. The van der Waals surface area contributed by atoms with E-state index in [1.807, 2.05) is 12.1 Å². The number of aryl methyl sites for hydroxylation is 1. The number of benzene rings is 2. The summed E-state index contributed by atoms with van der Waals surface area (Å²) in [6.45, 7) is 2.14. The van der Waals surface area contributed by atoms with E-state index in [0.717, 1.165) is 24.5 Å². The normalized spacial score (nSPS) is 12.4. The van der Waals surface area contributed by atoms with Gasteiger partial charge < -0.3 is 0 Å². The van der Waals surface area contributed by atoms with Crippen molar-refractivity contribution in [3.8, 4) is 0 Å². The van der Waals surface area contributed by atoms with Crippen molar-refractivity contribution in [2.75, 3.05) is 0 Å². The van der Waals surface area contributed by atoms with Gasteiger partial charge in [0.15, 0.2) is 0 Å². The zero-order valence-corrected chi connectivity index (χ0v) is 12.3. The van der Waals surface area contributed by atoms with E-state index in [1.54, 1.807) is 0 Å². The first-order valence-electron chi connectivity index (χ1n) is 6.29. The second-order valence-corrected chi connectivity index (χ2v) is 5.47. The molecule has 2 aromatic rings. The van der Waals surface area contributed by atoms with Crippen molar-refractivity contribution in [1.29, 1.82) is 0 Å². The Morgan fingerprint density at radius 3 is 2.05 bits per heavy atom. The zero-order chi connectivity index (χ0) is 13.8. The molecular formula is C16H15BrF2. The summed E-state index contributed by atoms with van der Waals surface area (Å²) in [5.74, 6) is -1.11. The molecule has 0 saturated carbocycles. The molecule has 1 unspecified atom stereocenters. The lowest BCUT2D eigenvalue weighted by Gasteiger charge is -2.12. The van der Waals surface area contributed by atoms with Gasteiger partial charge in [0.25, 0.3) is 0 Å². The summed E-state index contributed by atoms with van der Waals surface area (Å²) in [6, 6.07) is 11.7. The second kappa shape index (κ2) is 6.29. The summed E-state index contributed by atoms with van der Waals surface area (Å²) in [5, 5.41) is 0. The van der Waals surface area contributed by atoms with Crippen molar-refractivity contribution in [3.05, 3.63) is 70.8 Å². The topological polar surface area (TPSA) is 0 Å². The summed E-state index contributed by atoms with van der Waals surface area (Å²) >= 11 is 3.49. The molecule has 2 aromatic carbocycles. The predicted molar refractivity (Wildman–Crippen MR) is 77.6 cm³/mol. The third-order valence-electron chi connectivity index (χ3n) is 2.99. The van der Waals surface area contributed by atoms with E-state index in [2.05, 4.69) is 35.0 Å². The minimum absolute atomic E-state index is 0.201. The standard InChI is InChI=1S/C16H15BrF2/c1-2-3-11-4-6-12(7-5-11)16(17)13-8-14(18)10-15(19)9-13/h4-10,16H,2-3H2,1H3. The third kappa shape index (κ3) is 3.63. The average Bonchev–Trinajstić information content (AvgIpc) is 2.38. The molecule has 0 saturated heterocycles. The molecule has 0 nitrogen and oxygen atoms in total. The van der Waals surface area contributed by atoms with E-state index in [1.165, 1.54) is 17.7 Å². The predicted octanol–water partition coefficient (Wildman–Crippen LogP) is 5.40. The zero-order valence-electron chi connectivity index (χ0n) is 10.7. The molecule has 0 spiro atoms. The van der Waals surface area contributed by atoms with Crippen LogP contribution in [0, 0.1) is 11.6 Å². The van der Waals surface area contributed by atoms with Gasteiger partial charge in [-0.15, -0.1) is 0 Å². The SMILES string of the molecule is CCCc1ccc(C(Br)c2cc(F)cc(F)c2)cc1. The van der Waals surface area contributed by atoms with Crippen LogP contribution in [0.1, 0.15) is 34.9 Å². The van der Waals surface area contributed by atoms with Crippen LogP contribution in [0.25, 0.3) is 0 Å². The first-order valence-corrected chi connectivity index (χ1v) is 7.20. The molecule has 0 heterocycles. The Labute approximate surface area is 120 Å². The first kappa shape index (κ1) is 14.2. The highest BCUT2D eigenvalue weighted by molar-refractivity contribution is 9.09. The van der Waals surface area contributed by atoms with Crippen molar-refractivity contribution in [1.82, 2.24) is 0 Å². The van der Waals surface area contributed by atoms with Crippen LogP contribution in [0.5, 0.6) is 0 Å². The molecule has 2 rings (SSSR count). The van der Waals surface area contributed by atoms with Crippen LogP contribution in [0.4, 0.5) is 8.78 Å². The van der Waals surface area contributed by atoms with Gasteiger partial charge in [0.1, 0.15) is 11.6 Å². The van der Waals surface area contributed by atoms with Crippen molar-refractivity contribution in [3.63, 3.8) is 0 Å².